The second kappa shape index (κ2) is 7.93. The number of nitrogens with zero attached hydrogens (tertiary/aromatic N) is 4. The topological polar surface area (TPSA) is 58.4 Å². The van der Waals surface area contributed by atoms with Gasteiger partial charge in [0.15, 0.2) is 0 Å². The minimum absolute atomic E-state index is 0.0152. The molecule has 6 heteroatoms. The average molecular weight is 429 g/mol. The van der Waals surface area contributed by atoms with E-state index >= 15 is 0 Å². The van der Waals surface area contributed by atoms with Gasteiger partial charge in [0, 0.05) is 30.3 Å². The van der Waals surface area contributed by atoms with Crippen molar-refractivity contribution in [2.24, 2.45) is 0 Å². The maximum absolute atomic E-state index is 13.6. The summed E-state index contributed by atoms with van der Waals surface area (Å²) in [5.74, 6) is 0.127. The SMILES string of the molecule is Cc1ccccc1C(=O)N1CCC(N2C(=O)c3c(c(C)nn3-c3ccccc3)C2C)CC1. The van der Waals surface area contributed by atoms with E-state index in [4.69, 9.17) is 0 Å². The number of amides is 2. The highest BCUT2D eigenvalue weighted by molar-refractivity contribution is 5.99. The number of carbonyl (C=O) groups is 2. The van der Waals surface area contributed by atoms with E-state index in [1.807, 2.05) is 78.2 Å². The van der Waals surface area contributed by atoms with Gasteiger partial charge >= 0.3 is 0 Å². The van der Waals surface area contributed by atoms with Crippen molar-refractivity contribution in [2.45, 2.75) is 45.7 Å². The smallest absolute Gasteiger partial charge is 0.273 e. The summed E-state index contributed by atoms with van der Waals surface area (Å²) in [5.41, 5.74) is 5.27. The summed E-state index contributed by atoms with van der Waals surface area (Å²) >= 11 is 0. The molecule has 164 valence electrons. The number of para-hydroxylation sites is 1. The van der Waals surface area contributed by atoms with Crippen LogP contribution in [0.3, 0.4) is 0 Å². The number of aromatic nitrogens is 2. The molecule has 0 saturated carbocycles. The van der Waals surface area contributed by atoms with Crippen molar-refractivity contribution in [3.63, 3.8) is 0 Å². The van der Waals surface area contributed by atoms with Crippen LogP contribution in [-0.4, -0.2) is 50.5 Å². The molecule has 1 unspecified atom stereocenters. The van der Waals surface area contributed by atoms with Crippen LogP contribution in [-0.2, 0) is 0 Å². The van der Waals surface area contributed by atoms with Crippen molar-refractivity contribution in [3.8, 4) is 5.69 Å². The molecular weight excluding hydrogens is 400 g/mol. The average Bonchev–Trinajstić information content (AvgIpc) is 3.29. The fraction of sp³-hybridized carbons (Fsp3) is 0.346. The molecule has 1 atom stereocenters. The van der Waals surface area contributed by atoms with Crippen molar-refractivity contribution in [1.29, 1.82) is 0 Å². The first-order chi connectivity index (χ1) is 15.5. The largest absolute Gasteiger partial charge is 0.338 e. The summed E-state index contributed by atoms with van der Waals surface area (Å²) < 4.78 is 1.79. The minimum atomic E-state index is -0.0152. The van der Waals surface area contributed by atoms with Gasteiger partial charge in [-0.05, 0) is 57.4 Å². The Morgan fingerprint density at radius 2 is 1.62 bits per heavy atom. The molecule has 0 bridgehead atoms. The monoisotopic (exact) mass is 428 g/mol. The maximum atomic E-state index is 13.6. The Balaban J connectivity index is 1.35. The van der Waals surface area contributed by atoms with Gasteiger partial charge in [-0.2, -0.15) is 5.10 Å². The lowest BCUT2D eigenvalue weighted by molar-refractivity contribution is 0.0470. The zero-order chi connectivity index (χ0) is 22.4. The third-order valence-electron chi connectivity index (χ3n) is 6.90. The van der Waals surface area contributed by atoms with Crippen LogP contribution < -0.4 is 0 Å². The van der Waals surface area contributed by atoms with Crippen molar-refractivity contribution in [3.05, 3.63) is 82.7 Å². The summed E-state index contributed by atoms with van der Waals surface area (Å²) in [6, 6.07) is 17.7. The Morgan fingerprint density at radius 1 is 0.969 bits per heavy atom. The Labute approximate surface area is 188 Å². The molecule has 3 aromatic rings. The molecule has 0 radical (unpaired) electrons. The van der Waals surface area contributed by atoms with Crippen LogP contribution in [0.2, 0.25) is 0 Å². The van der Waals surface area contributed by atoms with Crippen LogP contribution in [0.1, 0.15) is 63.5 Å². The molecule has 3 heterocycles. The molecule has 32 heavy (non-hydrogen) atoms. The molecule has 2 aromatic carbocycles. The second-order valence-electron chi connectivity index (χ2n) is 8.82. The quantitative estimate of drug-likeness (QED) is 0.625. The van der Waals surface area contributed by atoms with E-state index in [-0.39, 0.29) is 23.9 Å². The number of carbonyl (C=O) groups excluding carboxylic acids is 2. The van der Waals surface area contributed by atoms with E-state index in [9.17, 15) is 9.59 Å². The Bertz CT molecular complexity index is 1180. The molecule has 6 nitrogen and oxygen atoms in total. The van der Waals surface area contributed by atoms with Crippen LogP contribution >= 0.6 is 0 Å². The van der Waals surface area contributed by atoms with Crippen molar-refractivity contribution < 1.29 is 9.59 Å². The first-order valence-electron chi connectivity index (χ1n) is 11.3. The van der Waals surface area contributed by atoms with E-state index < -0.39 is 0 Å². The fourth-order valence-electron chi connectivity index (χ4n) is 5.25. The Hall–Kier alpha value is -3.41. The summed E-state index contributed by atoms with van der Waals surface area (Å²) in [6.45, 7) is 7.37. The number of likely N-dealkylation sites (tertiary alicyclic amines) is 1. The molecule has 0 spiro atoms. The molecule has 0 N–H and O–H groups in total. The van der Waals surface area contributed by atoms with Crippen LogP contribution in [0.5, 0.6) is 0 Å². The van der Waals surface area contributed by atoms with Gasteiger partial charge in [-0.15, -0.1) is 0 Å². The lowest BCUT2D eigenvalue weighted by Gasteiger charge is -2.39. The summed E-state index contributed by atoms with van der Waals surface area (Å²) in [7, 11) is 0. The number of benzene rings is 2. The lowest BCUT2D eigenvalue weighted by atomic mass is 9.99. The molecule has 1 saturated heterocycles. The number of piperidine rings is 1. The predicted molar refractivity (Wildman–Crippen MR) is 123 cm³/mol. The van der Waals surface area contributed by atoms with E-state index in [0.717, 1.165) is 40.9 Å². The third kappa shape index (κ3) is 3.22. The molecule has 1 fully saturated rings. The van der Waals surface area contributed by atoms with Crippen LogP contribution in [0.25, 0.3) is 5.69 Å². The number of hydrogen-bond acceptors (Lipinski definition) is 3. The van der Waals surface area contributed by atoms with Crippen molar-refractivity contribution >= 4 is 11.8 Å². The summed E-state index contributed by atoms with van der Waals surface area (Å²) in [6.07, 6.45) is 1.57. The maximum Gasteiger partial charge on any atom is 0.273 e. The van der Waals surface area contributed by atoms with Gasteiger partial charge in [0.2, 0.25) is 0 Å². The zero-order valence-corrected chi connectivity index (χ0v) is 18.8. The van der Waals surface area contributed by atoms with E-state index in [0.29, 0.717) is 18.8 Å². The first-order valence-corrected chi connectivity index (χ1v) is 11.3. The minimum Gasteiger partial charge on any atom is -0.338 e. The third-order valence-corrected chi connectivity index (χ3v) is 6.90. The highest BCUT2D eigenvalue weighted by atomic mass is 16.2. The van der Waals surface area contributed by atoms with Crippen LogP contribution in [0, 0.1) is 13.8 Å². The zero-order valence-electron chi connectivity index (χ0n) is 18.8. The molecule has 1 aromatic heterocycles. The number of rotatable bonds is 3. The standard InChI is InChI=1S/C26H28N4O2/c1-17-9-7-8-12-22(17)25(31)28-15-13-20(14-16-28)29-19(3)23-18(2)27-30(24(23)26(29)32)21-10-5-4-6-11-21/h4-12,19-20H,13-16H2,1-3H3. The second-order valence-corrected chi connectivity index (χ2v) is 8.82. The highest BCUT2D eigenvalue weighted by Gasteiger charge is 2.44. The Kier molecular flexibility index (Phi) is 5.08. The van der Waals surface area contributed by atoms with Gasteiger partial charge in [0.1, 0.15) is 5.69 Å². The van der Waals surface area contributed by atoms with Gasteiger partial charge in [-0.3, -0.25) is 9.59 Å². The normalized spacial score (nSPS) is 18.8. The first kappa shape index (κ1) is 20.5. The fourth-order valence-corrected chi connectivity index (χ4v) is 5.25. The van der Waals surface area contributed by atoms with Crippen molar-refractivity contribution in [1.82, 2.24) is 19.6 Å². The van der Waals surface area contributed by atoms with Crippen LogP contribution in [0.15, 0.2) is 54.6 Å². The summed E-state index contributed by atoms with van der Waals surface area (Å²) in [5, 5.41) is 4.68. The van der Waals surface area contributed by atoms with Gasteiger partial charge in [0.05, 0.1) is 17.4 Å². The van der Waals surface area contributed by atoms with Crippen molar-refractivity contribution in [2.75, 3.05) is 13.1 Å². The molecule has 0 aliphatic carbocycles. The Morgan fingerprint density at radius 3 is 2.31 bits per heavy atom. The molecule has 2 aliphatic rings. The van der Waals surface area contributed by atoms with Gasteiger partial charge in [0.25, 0.3) is 11.8 Å². The van der Waals surface area contributed by atoms with Gasteiger partial charge in [-0.1, -0.05) is 36.4 Å². The predicted octanol–water partition coefficient (Wildman–Crippen LogP) is 4.31. The van der Waals surface area contributed by atoms with E-state index in [2.05, 4.69) is 12.0 Å². The van der Waals surface area contributed by atoms with Crippen LogP contribution in [0.4, 0.5) is 0 Å². The molecular formula is C26H28N4O2. The molecule has 2 amide bonds. The van der Waals surface area contributed by atoms with E-state index in [1.165, 1.54) is 0 Å². The molecule has 2 aliphatic heterocycles. The highest BCUT2D eigenvalue weighted by Crippen LogP contribution is 2.40. The van der Waals surface area contributed by atoms with E-state index in [1.54, 1.807) is 4.68 Å². The number of fused-ring (bicyclic) bond motifs is 1. The van der Waals surface area contributed by atoms with Gasteiger partial charge < -0.3 is 9.80 Å². The van der Waals surface area contributed by atoms with Gasteiger partial charge in [-0.25, -0.2) is 4.68 Å². The lowest BCUT2D eigenvalue weighted by Crippen LogP contribution is -2.48. The number of hydrogen-bond donors (Lipinski definition) is 0. The summed E-state index contributed by atoms with van der Waals surface area (Å²) in [4.78, 5) is 30.5. The number of aryl methyl sites for hydroxylation is 2. The molecule has 5 rings (SSSR count).